The molecule has 6 heterocycles. The zero-order valence-electron chi connectivity index (χ0n) is 21.9. The maximum absolute atomic E-state index is 14.2. The molecular weight excluding hydrogens is 514 g/mol. The summed E-state index contributed by atoms with van der Waals surface area (Å²) in [4.78, 5) is 45.6. The van der Waals surface area contributed by atoms with Gasteiger partial charge in [-0.05, 0) is 60.7 Å². The number of furan rings is 1. The third-order valence-corrected chi connectivity index (χ3v) is 9.14. The molecule has 1 N–H and O–H groups in total. The smallest absolute Gasteiger partial charge is 0.289 e. The molecule has 4 atom stereocenters. The van der Waals surface area contributed by atoms with Crippen molar-refractivity contribution in [3.8, 4) is 0 Å². The number of rotatable bonds is 3. The lowest BCUT2D eigenvalue weighted by atomic mass is 9.69. The second-order valence-electron chi connectivity index (χ2n) is 11.2. The average molecular weight is 545 g/mol. The Kier molecular flexibility index (Phi) is 5.93. The molecule has 2 amide bonds. The van der Waals surface area contributed by atoms with E-state index < -0.39 is 0 Å². The number of hydrogen-bond acceptors (Lipinski definition) is 8. The van der Waals surface area contributed by atoms with Crippen LogP contribution >= 0.6 is 0 Å². The Bertz CT molecular complexity index is 1510. The number of carbonyl (C=O) groups excluding carboxylic acids is 2. The van der Waals surface area contributed by atoms with Gasteiger partial charge in [0.05, 0.1) is 17.9 Å². The lowest BCUT2D eigenvalue weighted by molar-refractivity contribution is -0.139. The summed E-state index contributed by atoms with van der Waals surface area (Å²) in [5, 5.41) is 21.1. The molecule has 2 bridgehead atoms. The van der Waals surface area contributed by atoms with Gasteiger partial charge in [0.15, 0.2) is 5.76 Å². The molecule has 2 fully saturated rings. The molecule has 1 aromatic carbocycles. The molecule has 2 saturated heterocycles. The van der Waals surface area contributed by atoms with Crippen molar-refractivity contribution in [2.24, 2.45) is 11.8 Å². The first-order valence-corrected chi connectivity index (χ1v) is 13.8. The van der Waals surface area contributed by atoms with E-state index in [9.17, 15) is 24.8 Å². The number of hydrogen-bond donors (Lipinski definition) is 1. The normalized spacial score (nSPS) is 25.1. The molecule has 11 heteroatoms. The van der Waals surface area contributed by atoms with Crippen LogP contribution < -0.4 is 15.7 Å². The van der Waals surface area contributed by atoms with Gasteiger partial charge in [0.25, 0.3) is 11.5 Å². The predicted octanol–water partition coefficient (Wildman–Crippen LogP) is 2.28. The average Bonchev–Trinajstić information content (AvgIpc) is 3.51. The fourth-order valence-corrected chi connectivity index (χ4v) is 7.36. The summed E-state index contributed by atoms with van der Waals surface area (Å²) in [6.07, 6.45) is 2.80. The number of piperazine rings is 1. The SMILES string of the molecule is O=C(c1ccco1)N1CCN(C(=O)[C@@H]2Cc3cc(N([O-])O)ccc3N3CC4CC(Cn5c4cccc5=O)[C@@H]23)CC1. The summed E-state index contributed by atoms with van der Waals surface area (Å²) < 4.78 is 7.14. The van der Waals surface area contributed by atoms with Crippen molar-refractivity contribution < 1.29 is 19.2 Å². The van der Waals surface area contributed by atoms with Crippen LogP contribution in [0.3, 0.4) is 0 Å². The Labute approximate surface area is 230 Å². The van der Waals surface area contributed by atoms with Crippen molar-refractivity contribution in [3.63, 3.8) is 0 Å². The van der Waals surface area contributed by atoms with Gasteiger partial charge in [-0.2, -0.15) is 0 Å². The van der Waals surface area contributed by atoms with E-state index in [1.165, 1.54) is 6.26 Å². The van der Waals surface area contributed by atoms with Crippen molar-refractivity contribution in [3.05, 3.63) is 87.4 Å². The fraction of sp³-hybridized carbons (Fsp3) is 0.414. The van der Waals surface area contributed by atoms with Crippen LogP contribution in [0.25, 0.3) is 0 Å². The minimum Gasteiger partial charge on any atom is -0.733 e. The molecule has 2 unspecified atom stereocenters. The Morgan fingerprint density at radius 2 is 1.80 bits per heavy atom. The summed E-state index contributed by atoms with van der Waals surface area (Å²) in [6.45, 7) is 2.88. The highest BCUT2D eigenvalue weighted by Crippen LogP contribution is 2.48. The van der Waals surface area contributed by atoms with E-state index in [4.69, 9.17) is 4.42 Å². The van der Waals surface area contributed by atoms with Crippen LogP contribution in [0.2, 0.25) is 0 Å². The molecule has 0 spiro atoms. The first-order chi connectivity index (χ1) is 19.4. The van der Waals surface area contributed by atoms with Crippen LogP contribution in [0.5, 0.6) is 0 Å². The largest absolute Gasteiger partial charge is 0.733 e. The molecular formula is C29H30N5O6-. The van der Waals surface area contributed by atoms with Gasteiger partial charge >= 0.3 is 0 Å². The molecule has 4 aliphatic heterocycles. The molecule has 3 aromatic rings. The van der Waals surface area contributed by atoms with E-state index in [2.05, 4.69) is 4.90 Å². The number of pyridine rings is 1. The van der Waals surface area contributed by atoms with Gasteiger partial charge in [0.2, 0.25) is 5.91 Å². The molecule has 11 nitrogen and oxygen atoms in total. The van der Waals surface area contributed by atoms with Gasteiger partial charge in [-0.1, -0.05) is 6.07 Å². The number of amides is 2. The minimum absolute atomic E-state index is 0.0137. The summed E-state index contributed by atoms with van der Waals surface area (Å²) in [7, 11) is 0. The summed E-state index contributed by atoms with van der Waals surface area (Å²) in [5.41, 5.74) is 2.95. The number of aromatic nitrogens is 1. The maximum Gasteiger partial charge on any atom is 0.289 e. The number of fused-ring (bicyclic) bond motifs is 8. The van der Waals surface area contributed by atoms with Crippen LogP contribution in [0, 0.1) is 17.0 Å². The summed E-state index contributed by atoms with van der Waals surface area (Å²) in [6, 6.07) is 13.8. The van der Waals surface area contributed by atoms with Crippen molar-refractivity contribution in [1.82, 2.24) is 14.4 Å². The first kappa shape index (κ1) is 24.9. The summed E-state index contributed by atoms with van der Waals surface area (Å²) >= 11 is 0. The second-order valence-corrected chi connectivity index (χ2v) is 11.2. The number of carbonyl (C=O) groups is 2. The van der Waals surface area contributed by atoms with E-state index in [1.807, 2.05) is 27.7 Å². The van der Waals surface area contributed by atoms with Crippen LogP contribution in [-0.4, -0.2) is 70.2 Å². The van der Waals surface area contributed by atoms with Crippen molar-refractivity contribution in [2.75, 3.05) is 42.9 Å². The first-order valence-electron chi connectivity index (χ1n) is 13.8. The Hall–Kier alpha value is -4.09. The molecule has 40 heavy (non-hydrogen) atoms. The molecule has 7 rings (SSSR count). The lowest BCUT2D eigenvalue weighted by Gasteiger charge is -2.55. The number of anilines is 2. The monoisotopic (exact) mass is 544 g/mol. The van der Waals surface area contributed by atoms with E-state index in [0.29, 0.717) is 45.7 Å². The van der Waals surface area contributed by atoms with Gasteiger partial charge in [0.1, 0.15) is 0 Å². The zero-order valence-corrected chi connectivity index (χ0v) is 21.9. The highest BCUT2D eigenvalue weighted by Gasteiger charge is 2.50. The van der Waals surface area contributed by atoms with Crippen LogP contribution in [0.15, 0.2) is 64.0 Å². The standard InChI is InChI=1S/C29H30N5O6/c35-26-5-1-3-23-19-13-20(17-32(23)26)27-22(15-18-14-21(34(38)39)6-7-24(18)33(27)16-19)28(36)30-8-10-31(11-9-30)29(37)25-4-2-12-40-25/h1-7,12,14,19-20,22,27,38H,8-11,13,15-17H2/q-1/t19?,20?,22-,27+/m1/s1. The zero-order chi connectivity index (χ0) is 27.5. The third-order valence-electron chi connectivity index (χ3n) is 9.14. The minimum atomic E-state index is -0.388. The van der Waals surface area contributed by atoms with Crippen LogP contribution in [0.4, 0.5) is 11.4 Å². The molecule has 208 valence electrons. The summed E-state index contributed by atoms with van der Waals surface area (Å²) in [5.74, 6) is -0.0159. The van der Waals surface area contributed by atoms with Gasteiger partial charge in [-0.25, -0.2) is 0 Å². The van der Waals surface area contributed by atoms with Gasteiger partial charge in [0, 0.05) is 68.7 Å². The third kappa shape index (κ3) is 3.99. The Balaban J connectivity index is 1.19. The van der Waals surface area contributed by atoms with Crippen molar-refractivity contribution in [1.29, 1.82) is 0 Å². The molecule has 0 saturated carbocycles. The van der Waals surface area contributed by atoms with Crippen molar-refractivity contribution >= 4 is 23.2 Å². The van der Waals surface area contributed by atoms with E-state index in [1.54, 1.807) is 35.2 Å². The number of benzene rings is 1. The second kappa shape index (κ2) is 9.53. The lowest BCUT2D eigenvalue weighted by Crippen LogP contribution is -2.62. The fourth-order valence-electron chi connectivity index (χ4n) is 7.36. The molecule has 2 aromatic heterocycles. The van der Waals surface area contributed by atoms with Gasteiger partial charge in [-0.15, -0.1) is 0 Å². The number of nitrogens with zero attached hydrogens (tertiary/aromatic N) is 5. The van der Waals surface area contributed by atoms with E-state index >= 15 is 0 Å². The van der Waals surface area contributed by atoms with Crippen molar-refractivity contribution in [2.45, 2.75) is 31.3 Å². The molecule has 0 radical (unpaired) electrons. The highest BCUT2D eigenvalue weighted by molar-refractivity contribution is 5.91. The molecule has 4 aliphatic rings. The molecule has 0 aliphatic carbocycles. The van der Waals surface area contributed by atoms with Gasteiger partial charge < -0.3 is 34.1 Å². The Morgan fingerprint density at radius 1 is 1.00 bits per heavy atom. The maximum atomic E-state index is 14.2. The van der Waals surface area contributed by atoms with E-state index in [0.717, 1.165) is 23.4 Å². The van der Waals surface area contributed by atoms with Crippen LogP contribution in [-0.2, 0) is 17.8 Å². The van der Waals surface area contributed by atoms with E-state index in [-0.39, 0.29) is 57.8 Å². The topological polar surface area (TPSA) is 126 Å². The van der Waals surface area contributed by atoms with Gasteiger partial charge in [-0.3, -0.25) is 19.6 Å². The quantitative estimate of drug-likeness (QED) is 0.498. The Morgan fingerprint density at radius 3 is 2.55 bits per heavy atom. The van der Waals surface area contributed by atoms with Crippen LogP contribution in [0.1, 0.15) is 34.2 Å². The highest BCUT2D eigenvalue weighted by atomic mass is 16.8. The number of piperidine rings is 1. The predicted molar refractivity (Wildman–Crippen MR) is 145 cm³/mol.